The van der Waals surface area contributed by atoms with Crippen molar-refractivity contribution in [1.82, 2.24) is 5.16 Å². The summed E-state index contributed by atoms with van der Waals surface area (Å²) in [5.74, 6) is -0.931. The van der Waals surface area contributed by atoms with Gasteiger partial charge in [-0.2, -0.15) is 0 Å². The molecule has 4 rings (SSSR count). The minimum absolute atomic E-state index is 0.0258. The molecule has 1 unspecified atom stereocenters. The van der Waals surface area contributed by atoms with E-state index in [0.717, 1.165) is 16.7 Å². The zero-order valence-corrected chi connectivity index (χ0v) is 19.1. The normalized spacial score (nSPS) is 11.6. The van der Waals surface area contributed by atoms with Gasteiger partial charge in [-0.1, -0.05) is 71.9 Å². The van der Waals surface area contributed by atoms with E-state index in [0.29, 0.717) is 22.7 Å². The van der Waals surface area contributed by atoms with Crippen molar-refractivity contribution in [3.63, 3.8) is 0 Å². The van der Waals surface area contributed by atoms with E-state index >= 15 is 0 Å². The van der Waals surface area contributed by atoms with Gasteiger partial charge in [0.25, 0.3) is 0 Å². The van der Waals surface area contributed by atoms with Crippen LogP contribution < -0.4 is 5.32 Å². The number of nitrogens with one attached hydrogen (secondary N) is 1. The molecule has 7 nitrogen and oxygen atoms in total. The highest BCUT2D eigenvalue weighted by Gasteiger charge is 2.20. The number of amides is 1. The van der Waals surface area contributed by atoms with Crippen LogP contribution in [0.2, 0.25) is 0 Å². The Labute approximate surface area is 201 Å². The topological polar surface area (TPSA) is 102 Å². The maximum Gasteiger partial charge on any atom is 0.412 e. The number of nitrogens with zero attached hydrogens (tertiary/aromatic N) is 1. The van der Waals surface area contributed by atoms with Gasteiger partial charge in [0.2, 0.25) is 0 Å². The van der Waals surface area contributed by atoms with Gasteiger partial charge in [-0.3, -0.25) is 10.1 Å². The molecular weight excluding hydrogens is 451 g/mol. The van der Waals surface area contributed by atoms with E-state index in [4.69, 9.17) is 14.4 Å². The second kappa shape index (κ2) is 10.2. The van der Waals surface area contributed by atoms with Crippen LogP contribution in [0.3, 0.4) is 0 Å². The standard InChI is InChI=1S/C27H23FN2O5/c1-16(22-5-3-4-6-23(22)28)34-27(33)29-25-17(2)35-30-26(25)21-13-11-20(12-14-21)19-9-7-18(8-10-19)15-24(31)32/h3-14,16H,15H2,1-2H3,(H,29,33)(H,31,32). The van der Waals surface area contributed by atoms with Crippen molar-refractivity contribution < 1.29 is 28.3 Å². The number of rotatable bonds is 7. The highest BCUT2D eigenvalue weighted by Crippen LogP contribution is 2.32. The average Bonchev–Trinajstić information content (AvgIpc) is 3.19. The van der Waals surface area contributed by atoms with Crippen molar-refractivity contribution in [2.24, 2.45) is 0 Å². The van der Waals surface area contributed by atoms with Crippen LogP contribution in [0.15, 0.2) is 77.3 Å². The fraction of sp³-hybridized carbons (Fsp3) is 0.148. The minimum Gasteiger partial charge on any atom is -0.481 e. The Bertz CT molecular complexity index is 1350. The molecule has 1 aromatic heterocycles. The van der Waals surface area contributed by atoms with Crippen LogP contribution in [0.5, 0.6) is 0 Å². The number of carboxylic acids is 1. The smallest absolute Gasteiger partial charge is 0.412 e. The molecule has 178 valence electrons. The van der Waals surface area contributed by atoms with Gasteiger partial charge in [-0.15, -0.1) is 0 Å². The molecule has 0 spiro atoms. The SMILES string of the molecule is Cc1onc(-c2ccc(-c3ccc(CC(=O)O)cc3)cc2)c1NC(=O)OC(C)c1ccccc1F. The molecular formula is C27H23FN2O5. The number of ether oxygens (including phenoxy) is 1. The highest BCUT2D eigenvalue weighted by atomic mass is 19.1. The van der Waals surface area contributed by atoms with Gasteiger partial charge in [0.15, 0.2) is 5.76 Å². The molecule has 0 radical (unpaired) electrons. The number of aromatic nitrogens is 1. The molecule has 35 heavy (non-hydrogen) atoms. The van der Waals surface area contributed by atoms with Crippen molar-refractivity contribution in [2.75, 3.05) is 5.32 Å². The molecule has 0 fully saturated rings. The number of carbonyl (C=O) groups is 2. The van der Waals surface area contributed by atoms with E-state index in [2.05, 4.69) is 10.5 Å². The number of carbonyl (C=O) groups excluding carboxylic acids is 1. The zero-order valence-electron chi connectivity index (χ0n) is 19.1. The molecule has 0 aliphatic heterocycles. The number of aryl methyl sites for hydroxylation is 1. The van der Waals surface area contributed by atoms with Crippen molar-refractivity contribution in [1.29, 1.82) is 0 Å². The van der Waals surface area contributed by atoms with E-state index in [9.17, 15) is 14.0 Å². The number of hydrogen-bond acceptors (Lipinski definition) is 5. The molecule has 0 bridgehead atoms. The highest BCUT2D eigenvalue weighted by molar-refractivity contribution is 5.91. The molecule has 1 amide bonds. The summed E-state index contributed by atoms with van der Waals surface area (Å²) in [6, 6.07) is 20.9. The van der Waals surface area contributed by atoms with Gasteiger partial charge in [-0.05, 0) is 36.6 Å². The molecule has 0 aliphatic rings. The maximum absolute atomic E-state index is 14.0. The molecule has 8 heteroatoms. The van der Waals surface area contributed by atoms with E-state index < -0.39 is 24.0 Å². The number of hydrogen-bond donors (Lipinski definition) is 2. The van der Waals surface area contributed by atoms with Crippen molar-refractivity contribution in [2.45, 2.75) is 26.4 Å². The summed E-state index contributed by atoms with van der Waals surface area (Å²) in [6.07, 6.45) is -1.57. The molecule has 0 aliphatic carbocycles. The number of aliphatic carboxylic acids is 1. The number of anilines is 1. The third-order valence-corrected chi connectivity index (χ3v) is 5.52. The molecule has 1 heterocycles. The van der Waals surface area contributed by atoms with Crippen LogP contribution in [-0.2, 0) is 16.0 Å². The lowest BCUT2D eigenvalue weighted by Crippen LogP contribution is -2.17. The lowest BCUT2D eigenvalue weighted by Gasteiger charge is -2.15. The Morgan fingerprint density at radius 2 is 1.60 bits per heavy atom. The fourth-order valence-corrected chi connectivity index (χ4v) is 3.69. The summed E-state index contributed by atoms with van der Waals surface area (Å²) in [6.45, 7) is 3.26. The summed E-state index contributed by atoms with van der Waals surface area (Å²) in [4.78, 5) is 23.4. The van der Waals surface area contributed by atoms with Crippen LogP contribution in [0.25, 0.3) is 22.4 Å². The lowest BCUT2D eigenvalue weighted by molar-refractivity contribution is -0.136. The van der Waals surface area contributed by atoms with E-state index in [1.165, 1.54) is 6.07 Å². The second-order valence-corrected chi connectivity index (χ2v) is 8.00. The first-order chi connectivity index (χ1) is 16.8. The first kappa shape index (κ1) is 23.7. The maximum atomic E-state index is 14.0. The Morgan fingerprint density at radius 3 is 2.23 bits per heavy atom. The molecule has 3 aromatic carbocycles. The van der Waals surface area contributed by atoms with Gasteiger partial charge < -0.3 is 14.4 Å². The molecule has 0 saturated heterocycles. The molecule has 0 saturated carbocycles. The molecule has 2 N–H and O–H groups in total. The third kappa shape index (κ3) is 5.55. The van der Waals surface area contributed by atoms with E-state index in [1.54, 1.807) is 44.2 Å². The van der Waals surface area contributed by atoms with Crippen molar-refractivity contribution in [3.05, 3.63) is 95.5 Å². The van der Waals surface area contributed by atoms with E-state index in [-0.39, 0.29) is 12.0 Å². The van der Waals surface area contributed by atoms with Gasteiger partial charge in [0.05, 0.1) is 6.42 Å². The first-order valence-corrected chi connectivity index (χ1v) is 10.9. The lowest BCUT2D eigenvalue weighted by atomic mass is 10.0. The predicted molar refractivity (Wildman–Crippen MR) is 128 cm³/mol. The minimum atomic E-state index is -0.875. The largest absolute Gasteiger partial charge is 0.481 e. The number of benzene rings is 3. The summed E-state index contributed by atoms with van der Waals surface area (Å²) < 4.78 is 24.6. The number of halogens is 1. The van der Waals surface area contributed by atoms with Crippen molar-refractivity contribution >= 4 is 17.7 Å². The Hall–Kier alpha value is -4.46. The molecule has 4 aromatic rings. The Balaban J connectivity index is 1.48. The Kier molecular flexibility index (Phi) is 6.91. The summed E-state index contributed by atoms with van der Waals surface area (Å²) in [5.41, 5.74) is 4.38. The first-order valence-electron chi connectivity index (χ1n) is 10.9. The summed E-state index contributed by atoms with van der Waals surface area (Å²) >= 11 is 0. The summed E-state index contributed by atoms with van der Waals surface area (Å²) in [7, 11) is 0. The van der Waals surface area contributed by atoms with Crippen LogP contribution >= 0.6 is 0 Å². The number of carboxylic acid groups (broad SMARTS) is 1. The molecule has 1 atom stereocenters. The van der Waals surface area contributed by atoms with Gasteiger partial charge in [0, 0.05) is 11.1 Å². The average molecular weight is 474 g/mol. The van der Waals surface area contributed by atoms with E-state index in [1.807, 2.05) is 36.4 Å². The predicted octanol–water partition coefficient (Wildman–Crippen LogP) is 6.39. The second-order valence-electron chi connectivity index (χ2n) is 8.00. The summed E-state index contributed by atoms with van der Waals surface area (Å²) in [5, 5.41) is 15.6. The fourth-order valence-electron chi connectivity index (χ4n) is 3.69. The van der Waals surface area contributed by atoms with Crippen LogP contribution in [0, 0.1) is 12.7 Å². The van der Waals surface area contributed by atoms with Gasteiger partial charge >= 0.3 is 12.1 Å². The van der Waals surface area contributed by atoms with Gasteiger partial charge in [-0.25, -0.2) is 9.18 Å². The van der Waals surface area contributed by atoms with Crippen LogP contribution in [-0.4, -0.2) is 22.3 Å². The Morgan fingerprint density at radius 1 is 1.00 bits per heavy atom. The zero-order chi connectivity index (χ0) is 24.9. The third-order valence-electron chi connectivity index (χ3n) is 5.52. The quantitative estimate of drug-likeness (QED) is 0.322. The van der Waals surface area contributed by atoms with Gasteiger partial charge in [0.1, 0.15) is 23.3 Å². The van der Waals surface area contributed by atoms with Crippen LogP contribution in [0.1, 0.15) is 29.9 Å². The monoisotopic (exact) mass is 474 g/mol. The van der Waals surface area contributed by atoms with Crippen molar-refractivity contribution in [3.8, 4) is 22.4 Å². The van der Waals surface area contributed by atoms with Crippen LogP contribution in [0.4, 0.5) is 14.9 Å².